The van der Waals surface area contributed by atoms with Crippen LogP contribution in [0.3, 0.4) is 0 Å². The molecule has 4 heteroatoms. The van der Waals surface area contributed by atoms with Gasteiger partial charge in [-0.05, 0) is 12.0 Å². The summed E-state index contributed by atoms with van der Waals surface area (Å²) in [5.74, 6) is 0.305. The van der Waals surface area contributed by atoms with Gasteiger partial charge in [-0.2, -0.15) is 10.5 Å². The van der Waals surface area contributed by atoms with E-state index in [0.717, 1.165) is 6.42 Å². The van der Waals surface area contributed by atoms with Crippen molar-refractivity contribution < 1.29 is 9.47 Å². The Kier molecular flexibility index (Phi) is 3.83. The Morgan fingerprint density at radius 3 is 2.28 bits per heavy atom. The van der Waals surface area contributed by atoms with E-state index in [1.165, 1.54) is 5.56 Å². The first kappa shape index (κ1) is 12.0. The van der Waals surface area contributed by atoms with E-state index in [4.69, 9.17) is 20.0 Å². The molecule has 1 aromatic carbocycles. The van der Waals surface area contributed by atoms with Gasteiger partial charge >= 0.3 is 5.95 Å². The van der Waals surface area contributed by atoms with Gasteiger partial charge in [0, 0.05) is 5.92 Å². The fourth-order valence-electron chi connectivity index (χ4n) is 1.80. The molecule has 0 aliphatic carbocycles. The molecule has 1 aliphatic heterocycles. The van der Waals surface area contributed by atoms with Crippen molar-refractivity contribution in [3.8, 4) is 12.1 Å². The summed E-state index contributed by atoms with van der Waals surface area (Å²) in [7, 11) is 0. The molecule has 90 valence electrons. The van der Waals surface area contributed by atoms with Crippen LogP contribution in [0.25, 0.3) is 0 Å². The van der Waals surface area contributed by atoms with Gasteiger partial charge in [-0.1, -0.05) is 30.3 Å². The minimum atomic E-state index is -0.104. The Hall–Kier alpha value is -2.46. The smallest absolute Gasteiger partial charge is 0.309 e. The SMILES string of the molecule is N#CC(C#N)=C1OCC(Cc2ccccc2)CO1. The van der Waals surface area contributed by atoms with Crippen LogP contribution in [0.4, 0.5) is 0 Å². The Morgan fingerprint density at radius 1 is 1.11 bits per heavy atom. The highest BCUT2D eigenvalue weighted by molar-refractivity contribution is 5.36. The third-order valence-electron chi connectivity index (χ3n) is 2.70. The molecule has 0 radical (unpaired) electrons. The monoisotopic (exact) mass is 240 g/mol. The first-order chi connectivity index (χ1) is 8.83. The van der Waals surface area contributed by atoms with E-state index in [9.17, 15) is 0 Å². The topological polar surface area (TPSA) is 66.0 Å². The lowest BCUT2D eigenvalue weighted by Gasteiger charge is -2.25. The molecule has 0 atom stereocenters. The molecule has 1 saturated heterocycles. The average Bonchev–Trinajstić information content (AvgIpc) is 2.43. The molecule has 4 nitrogen and oxygen atoms in total. The Bertz CT molecular complexity index is 497. The zero-order valence-electron chi connectivity index (χ0n) is 9.80. The number of rotatable bonds is 2. The molecule has 0 saturated carbocycles. The van der Waals surface area contributed by atoms with Crippen molar-refractivity contribution in [1.82, 2.24) is 0 Å². The van der Waals surface area contributed by atoms with E-state index in [2.05, 4.69) is 12.1 Å². The number of ether oxygens (including phenoxy) is 2. The van der Waals surface area contributed by atoms with E-state index in [-0.39, 0.29) is 17.4 Å². The fourth-order valence-corrected chi connectivity index (χ4v) is 1.80. The number of benzene rings is 1. The molecule has 0 amide bonds. The van der Waals surface area contributed by atoms with Crippen LogP contribution in [-0.4, -0.2) is 13.2 Å². The maximum Gasteiger partial charge on any atom is 0.309 e. The third kappa shape index (κ3) is 2.81. The zero-order chi connectivity index (χ0) is 12.8. The quantitative estimate of drug-likeness (QED) is 0.743. The molecule has 2 rings (SSSR count). The second-order valence-corrected chi connectivity index (χ2v) is 4.06. The molecule has 18 heavy (non-hydrogen) atoms. The predicted octanol–water partition coefficient (Wildman–Crippen LogP) is 2.15. The van der Waals surface area contributed by atoms with Crippen LogP contribution in [0.15, 0.2) is 41.9 Å². The number of nitriles is 2. The first-order valence-corrected chi connectivity index (χ1v) is 5.67. The number of allylic oxidation sites excluding steroid dienone is 1. The van der Waals surface area contributed by atoms with E-state index in [0.29, 0.717) is 13.2 Å². The molecular formula is C14H12N2O2. The molecule has 0 spiro atoms. The summed E-state index contributed by atoms with van der Waals surface area (Å²) in [4.78, 5) is 0. The van der Waals surface area contributed by atoms with Gasteiger partial charge in [0.2, 0.25) is 5.57 Å². The van der Waals surface area contributed by atoms with Crippen molar-refractivity contribution in [2.45, 2.75) is 6.42 Å². The van der Waals surface area contributed by atoms with E-state index in [1.807, 2.05) is 18.2 Å². The van der Waals surface area contributed by atoms with Crippen LogP contribution in [0.1, 0.15) is 5.56 Å². The minimum absolute atomic E-state index is 0.0595. The van der Waals surface area contributed by atoms with Crippen molar-refractivity contribution in [1.29, 1.82) is 10.5 Å². The van der Waals surface area contributed by atoms with Gasteiger partial charge in [0.1, 0.15) is 12.1 Å². The lowest BCUT2D eigenvalue weighted by molar-refractivity contribution is -0.0510. The summed E-state index contributed by atoms with van der Waals surface area (Å²) in [6, 6.07) is 13.6. The highest BCUT2D eigenvalue weighted by Crippen LogP contribution is 2.20. The van der Waals surface area contributed by atoms with Crippen molar-refractivity contribution in [3.05, 3.63) is 47.4 Å². The second kappa shape index (κ2) is 5.75. The van der Waals surface area contributed by atoms with Gasteiger partial charge in [-0.25, -0.2) is 0 Å². The molecule has 0 aromatic heterocycles. The zero-order valence-corrected chi connectivity index (χ0v) is 9.80. The molecule has 1 aromatic rings. The van der Waals surface area contributed by atoms with Crippen molar-refractivity contribution in [3.63, 3.8) is 0 Å². The van der Waals surface area contributed by atoms with E-state index >= 15 is 0 Å². The number of nitrogens with zero attached hydrogens (tertiary/aromatic N) is 2. The van der Waals surface area contributed by atoms with Crippen LogP contribution >= 0.6 is 0 Å². The van der Waals surface area contributed by atoms with Gasteiger partial charge in [0.05, 0.1) is 13.2 Å². The van der Waals surface area contributed by atoms with Gasteiger partial charge in [0.25, 0.3) is 0 Å². The lowest BCUT2D eigenvalue weighted by Crippen LogP contribution is -2.25. The van der Waals surface area contributed by atoms with Crippen molar-refractivity contribution in [2.24, 2.45) is 5.92 Å². The predicted molar refractivity (Wildman–Crippen MR) is 63.8 cm³/mol. The molecule has 1 aliphatic rings. The highest BCUT2D eigenvalue weighted by Gasteiger charge is 2.22. The number of hydrogen-bond acceptors (Lipinski definition) is 4. The van der Waals surface area contributed by atoms with Gasteiger partial charge in [-0.3, -0.25) is 0 Å². The molecule has 1 heterocycles. The van der Waals surface area contributed by atoms with Gasteiger partial charge in [-0.15, -0.1) is 0 Å². The van der Waals surface area contributed by atoms with Crippen LogP contribution < -0.4 is 0 Å². The molecular weight excluding hydrogens is 228 g/mol. The van der Waals surface area contributed by atoms with Crippen molar-refractivity contribution >= 4 is 0 Å². The van der Waals surface area contributed by atoms with Crippen LogP contribution in [0.2, 0.25) is 0 Å². The second-order valence-electron chi connectivity index (χ2n) is 4.06. The Balaban J connectivity index is 1.94. The summed E-state index contributed by atoms with van der Waals surface area (Å²) in [5, 5.41) is 17.4. The Labute approximate surface area is 106 Å². The lowest BCUT2D eigenvalue weighted by atomic mass is 10.0. The minimum Gasteiger partial charge on any atom is -0.463 e. The third-order valence-corrected chi connectivity index (χ3v) is 2.70. The largest absolute Gasteiger partial charge is 0.463 e. The summed E-state index contributed by atoms with van der Waals surface area (Å²) in [6.45, 7) is 0.939. The van der Waals surface area contributed by atoms with E-state index < -0.39 is 0 Å². The molecule has 0 bridgehead atoms. The normalized spacial score (nSPS) is 17.9. The van der Waals surface area contributed by atoms with Gasteiger partial charge in [0.15, 0.2) is 0 Å². The van der Waals surface area contributed by atoms with Crippen LogP contribution in [-0.2, 0) is 15.9 Å². The van der Waals surface area contributed by atoms with Crippen LogP contribution in [0.5, 0.6) is 0 Å². The summed E-state index contributed by atoms with van der Waals surface area (Å²) in [6.07, 6.45) is 0.864. The molecule has 1 fully saturated rings. The summed E-state index contributed by atoms with van der Waals surface area (Å²) < 4.78 is 10.6. The molecule has 0 unspecified atom stereocenters. The number of hydrogen-bond donors (Lipinski definition) is 0. The standard InChI is InChI=1S/C14H12N2O2/c15-7-13(8-16)14-17-9-12(10-18-14)6-11-4-2-1-3-5-11/h1-5,12H,6,9-10H2. The van der Waals surface area contributed by atoms with Crippen LogP contribution in [0, 0.1) is 28.6 Å². The fraction of sp³-hybridized carbons (Fsp3) is 0.286. The van der Waals surface area contributed by atoms with Gasteiger partial charge < -0.3 is 9.47 Å². The average molecular weight is 240 g/mol. The maximum atomic E-state index is 8.69. The maximum absolute atomic E-state index is 8.69. The summed E-state index contributed by atoms with van der Waals surface area (Å²) >= 11 is 0. The Morgan fingerprint density at radius 2 is 1.72 bits per heavy atom. The van der Waals surface area contributed by atoms with Crippen molar-refractivity contribution in [2.75, 3.05) is 13.2 Å². The first-order valence-electron chi connectivity index (χ1n) is 5.67. The van der Waals surface area contributed by atoms with E-state index in [1.54, 1.807) is 12.1 Å². The highest BCUT2D eigenvalue weighted by atomic mass is 16.7. The summed E-state index contributed by atoms with van der Waals surface area (Å²) in [5.41, 5.74) is 1.12. The molecule has 0 N–H and O–H groups in total.